The molecule has 0 spiro atoms. The van der Waals surface area contributed by atoms with Crippen molar-refractivity contribution in [2.75, 3.05) is 13.1 Å². The van der Waals surface area contributed by atoms with Crippen molar-refractivity contribution in [2.24, 2.45) is 0 Å². The highest BCUT2D eigenvalue weighted by atomic mass is 19.4. The molecule has 5 nitrogen and oxygen atoms in total. The number of halogens is 6. The molecule has 1 fully saturated rings. The maximum atomic E-state index is 12.0. The normalized spacial score (nSPS) is 15.8. The van der Waals surface area contributed by atoms with Crippen LogP contribution in [0.15, 0.2) is 24.3 Å². The molecule has 1 aromatic carbocycles. The van der Waals surface area contributed by atoms with E-state index in [9.17, 15) is 26.3 Å². The van der Waals surface area contributed by atoms with E-state index in [0.717, 1.165) is 31.5 Å². The van der Waals surface area contributed by atoms with E-state index in [1.54, 1.807) is 12.1 Å². The fraction of sp³-hybridized carbons (Fsp3) is 0.533. The summed E-state index contributed by atoms with van der Waals surface area (Å²) < 4.78 is 77.2. The minimum absolute atomic E-state index is 0.210. The van der Waals surface area contributed by atoms with Crippen molar-refractivity contribution >= 4 is 5.97 Å². The van der Waals surface area contributed by atoms with Gasteiger partial charge in [0.2, 0.25) is 0 Å². The number of hydrogen-bond donors (Lipinski definition) is 2. The molecule has 0 unspecified atom stereocenters. The van der Waals surface area contributed by atoms with Crippen LogP contribution in [-0.2, 0) is 16.1 Å². The van der Waals surface area contributed by atoms with Gasteiger partial charge >= 0.3 is 18.5 Å². The Labute approximate surface area is 144 Å². The third-order valence-corrected chi connectivity index (χ3v) is 3.17. The first-order chi connectivity index (χ1) is 12.0. The van der Waals surface area contributed by atoms with Crippen LogP contribution in [0.3, 0.4) is 0 Å². The molecular formula is C15H17F6NO4. The highest BCUT2D eigenvalue weighted by molar-refractivity contribution is 5.73. The minimum Gasteiger partial charge on any atom is -0.475 e. The number of carbonyl (C=O) groups is 1. The number of ether oxygens (including phenoxy) is 2. The number of carboxylic acid groups (broad SMARTS) is 1. The Hall–Kier alpha value is -2.01. The number of hydrogen-bond acceptors (Lipinski definition) is 4. The number of aliphatic carboxylic acids is 1. The van der Waals surface area contributed by atoms with Gasteiger partial charge in [-0.2, -0.15) is 13.2 Å². The van der Waals surface area contributed by atoms with Crippen LogP contribution in [0.5, 0.6) is 5.75 Å². The standard InChI is InChI=1S/C13H16F3NO2.C2HF3O2/c14-13(15,16)19-12-3-1-10(2-4-12)9-18-11-5-7-17-8-6-11;3-2(4,5)1(6)7/h1-4,11,17H,5-9H2;(H,6,7). The fourth-order valence-electron chi connectivity index (χ4n) is 1.96. The van der Waals surface area contributed by atoms with Gasteiger partial charge in [0.1, 0.15) is 5.75 Å². The zero-order chi connectivity index (χ0) is 19.8. The Morgan fingerprint density at radius 1 is 1.08 bits per heavy atom. The average molecular weight is 389 g/mol. The lowest BCUT2D eigenvalue weighted by Crippen LogP contribution is -2.32. The fourth-order valence-corrected chi connectivity index (χ4v) is 1.96. The Morgan fingerprint density at radius 2 is 1.58 bits per heavy atom. The van der Waals surface area contributed by atoms with E-state index in [1.165, 1.54) is 12.1 Å². The molecule has 0 aromatic heterocycles. The zero-order valence-electron chi connectivity index (χ0n) is 13.4. The largest absolute Gasteiger partial charge is 0.573 e. The first-order valence-corrected chi connectivity index (χ1v) is 7.44. The summed E-state index contributed by atoms with van der Waals surface area (Å²) in [5.74, 6) is -2.97. The molecule has 0 radical (unpaired) electrons. The van der Waals surface area contributed by atoms with Crippen molar-refractivity contribution in [1.29, 1.82) is 0 Å². The first-order valence-electron chi connectivity index (χ1n) is 7.44. The predicted octanol–water partition coefficient (Wildman–Crippen LogP) is 3.49. The molecule has 1 aliphatic heterocycles. The first kappa shape index (κ1) is 22.0. The molecular weight excluding hydrogens is 372 g/mol. The second-order valence-electron chi connectivity index (χ2n) is 5.26. The molecule has 2 rings (SSSR count). The van der Waals surface area contributed by atoms with Crippen LogP contribution in [0.4, 0.5) is 26.3 Å². The Balaban J connectivity index is 0.000000412. The molecule has 26 heavy (non-hydrogen) atoms. The van der Waals surface area contributed by atoms with Crippen LogP contribution in [-0.4, -0.2) is 42.8 Å². The summed E-state index contributed by atoms with van der Waals surface area (Å²) in [4.78, 5) is 8.90. The minimum atomic E-state index is -5.08. The summed E-state index contributed by atoms with van der Waals surface area (Å²) in [7, 11) is 0. The van der Waals surface area contributed by atoms with Gasteiger partial charge in [0.25, 0.3) is 0 Å². The van der Waals surface area contributed by atoms with Gasteiger partial charge in [-0.1, -0.05) is 12.1 Å². The maximum absolute atomic E-state index is 12.0. The van der Waals surface area contributed by atoms with E-state index in [2.05, 4.69) is 10.1 Å². The van der Waals surface area contributed by atoms with Crippen molar-refractivity contribution in [2.45, 2.75) is 38.1 Å². The van der Waals surface area contributed by atoms with E-state index in [1.807, 2.05) is 0 Å². The lowest BCUT2D eigenvalue weighted by molar-refractivity contribution is -0.274. The molecule has 0 saturated carbocycles. The smallest absolute Gasteiger partial charge is 0.475 e. The molecule has 148 valence electrons. The Morgan fingerprint density at radius 3 is 2.00 bits per heavy atom. The van der Waals surface area contributed by atoms with E-state index in [4.69, 9.17) is 14.6 Å². The molecule has 1 aliphatic rings. The Bertz CT molecular complexity index is 553. The second-order valence-corrected chi connectivity index (χ2v) is 5.26. The van der Waals surface area contributed by atoms with Gasteiger partial charge in [0, 0.05) is 0 Å². The van der Waals surface area contributed by atoms with Crippen molar-refractivity contribution in [3.63, 3.8) is 0 Å². The third-order valence-electron chi connectivity index (χ3n) is 3.17. The number of nitrogens with one attached hydrogen (secondary N) is 1. The van der Waals surface area contributed by atoms with Crippen LogP contribution < -0.4 is 10.1 Å². The second kappa shape index (κ2) is 9.62. The summed E-state index contributed by atoms with van der Waals surface area (Å²) in [5, 5.41) is 10.4. The molecule has 0 amide bonds. The van der Waals surface area contributed by atoms with Gasteiger partial charge in [0.05, 0.1) is 12.7 Å². The van der Waals surface area contributed by atoms with E-state index >= 15 is 0 Å². The van der Waals surface area contributed by atoms with Crippen LogP contribution in [0.2, 0.25) is 0 Å². The Kier molecular flexibility index (Phi) is 8.15. The molecule has 2 N–H and O–H groups in total. The zero-order valence-corrected chi connectivity index (χ0v) is 13.4. The number of benzene rings is 1. The third kappa shape index (κ3) is 9.47. The van der Waals surface area contributed by atoms with E-state index < -0.39 is 18.5 Å². The van der Waals surface area contributed by atoms with E-state index in [0.29, 0.717) is 6.61 Å². The summed E-state index contributed by atoms with van der Waals surface area (Å²) in [6.45, 7) is 2.31. The molecule has 0 aliphatic carbocycles. The summed E-state index contributed by atoms with van der Waals surface area (Å²) in [6, 6.07) is 5.77. The molecule has 1 heterocycles. The lowest BCUT2D eigenvalue weighted by Gasteiger charge is -2.23. The molecule has 0 atom stereocenters. The summed E-state index contributed by atoms with van der Waals surface area (Å²) in [5.41, 5.74) is 0.841. The quantitative estimate of drug-likeness (QED) is 0.772. The molecule has 11 heteroatoms. The highest BCUT2D eigenvalue weighted by Crippen LogP contribution is 2.23. The molecule has 1 saturated heterocycles. The number of alkyl halides is 6. The van der Waals surface area contributed by atoms with Gasteiger partial charge in [-0.05, 0) is 43.6 Å². The van der Waals surface area contributed by atoms with Crippen molar-refractivity contribution < 1.29 is 45.7 Å². The van der Waals surface area contributed by atoms with Crippen molar-refractivity contribution in [3.8, 4) is 5.75 Å². The topological polar surface area (TPSA) is 67.8 Å². The maximum Gasteiger partial charge on any atom is 0.573 e. The summed E-state index contributed by atoms with van der Waals surface area (Å²) in [6.07, 6.45) is -7.56. The van der Waals surface area contributed by atoms with Gasteiger partial charge in [-0.3, -0.25) is 0 Å². The van der Waals surface area contributed by atoms with Crippen LogP contribution in [0, 0.1) is 0 Å². The summed E-state index contributed by atoms with van der Waals surface area (Å²) >= 11 is 0. The lowest BCUT2D eigenvalue weighted by atomic mass is 10.1. The molecule has 0 bridgehead atoms. The average Bonchev–Trinajstić information content (AvgIpc) is 2.53. The van der Waals surface area contributed by atoms with E-state index in [-0.39, 0.29) is 11.9 Å². The van der Waals surface area contributed by atoms with Gasteiger partial charge in [0.15, 0.2) is 0 Å². The van der Waals surface area contributed by atoms with Gasteiger partial charge in [-0.15, -0.1) is 13.2 Å². The number of carboxylic acids is 1. The van der Waals surface area contributed by atoms with Crippen LogP contribution in [0.25, 0.3) is 0 Å². The van der Waals surface area contributed by atoms with Gasteiger partial charge < -0.3 is 19.9 Å². The SMILES string of the molecule is FC(F)(F)Oc1ccc(COC2CCNCC2)cc1.O=C(O)C(F)(F)F. The monoisotopic (exact) mass is 389 g/mol. The van der Waals surface area contributed by atoms with Crippen molar-refractivity contribution in [3.05, 3.63) is 29.8 Å². The molecule has 1 aromatic rings. The van der Waals surface area contributed by atoms with Crippen LogP contribution in [0.1, 0.15) is 18.4 Å². The predicted molar refractivity (Wildman–Crippen MR) is 77.5 cm³/mol. The van der Waals surface area contributed by atoms with Crippen molar-refractivity contribution in [1.82, 2.24) is 5.32 Å². The van der Waals surface area contributed by atoms with Gasteiger partial charge in [-0.25, -0.2) is 4.79 Å². The number of rotatable bonds is 4. The van der Waals surface area contributed by atoms with Crippen LogP contribution >= 0.6 is 0 Å². The number of piperidine rings is 1. The highest BCUT2D eigenvalue weighted by Gasteiger charge is 2.38.